The molecule has 35 heavy (non-hydrogen) atoms. The van der Waals surface area contributed by atoms with Gasteiger partial charge in [0.15, 0.2) is 0 Å². The van der Waals surface area contributed by atoms with E-state index in [-0.39, 0.29) is 12.3 Å². The Balaban J connectivity index is 1.98. The average Bonchev–Trinajstić information content (AvgIpc) is 3.37. The lowest BCUT2D eigenvalue weighted by Gasteiger charge is -2.22. The van der Waals surface area contributed by atoms with Crippen molar-refractivity contribution in [2.75, 3.05) is 13.2 Å². The lowest BCUT2D eigenvalue weighted by Crippen LogP contribution is -2.54. The van der Waals surface area contributed by atoms with E-state index in [1.165, 1.54) is 0 Å². The van der Waals surface area contributed by atoms with Gasteiger partial charge in [0.2, 0.25) is 17.7 Å². The van der Waals surface area contributed by atoms with Crippen LogP contribution in [0.15, 0.2) is 36.7 Å². The van der Waals surface area contributed by atoms with Crippen LogP contribution < -0.4 is 22.1 Å². The average molecular weight is 487 g/mol. The highest BCUT2D eigenvalue weighted by atomic mass is 16.3. The van der Waals surface area contributed by atoms with E-state index < -0.39 is 36.4 Å². The fourth-order valence-corrected chi connectivity index (χ4v) is 3.96. The number of hydrogen-bond acceptors (Lipinski definition) is 6. The van der Waals surface area contributed by atoms with Crippen LogP contribution in [0.2, 0.25) is 0 Å². The van der Waals surface area contributed by atoms with Gasteiger partial charge in [0.25, 0.3) is 0 Å². The summed E-state index contributed by atoms with van der Waals surface area (Å²) >= 11 is 0. The predicted molar refractivity (Wildman–Crippen MR) is 133 cm³/mol. The molecule has 1 heterocycles. The van der Waals surface area contributed by atoms with Crippen molar-refractivity contribution < 1.29 is 19.5 Å². The molecule has 0 saturated heterocycles. The number of unbranched alkanes of at least 4 members (excludes halogenated alkanes) is 1. The van der Waals surface area contributed by atoms with Gasteiger partial charge in [-0.1, -0.05) is 44.5 Å². The Hall–Kier alpha value is -3.24. The number of aromatic nitrogens is 2. The molecule has 0 aliphatic heterocycles. The standard InChI is InChI=1S/C25H38N6O4/c1-3-16(2)22(24-28-12-13-29-24)18-9-7-17(8-10-18)14-21(33)30-20(15-32)25(35)31-19(23(27)34)6-4-5-11-26/h7-10,12-13,16,19-20,22,32H,3-6,11,14-15,26H2,1-2H3,(H2,27,34)(H,28,29)(H,30,33)(H,31,35)/t16?,19-,20-,22?/m0/s1. The smallest absolute Gasteiger partial charge is 0.245 e. The van der Waals surface area contributed by atoms with Crippen molar-refractivity contribution in [3.8, 4) is 0 Å². The number of aliphatic hydroxyl groups excluding tert-OH is 1. The summed E-state index contributed by atoms with van der Waals surface area (Å²) in [6.07, 6.45) is 6.23. The molecule has 10 heteroatoms. The van der Waals surface area contributed by atoms with Crippen molar-refractivity contribution in [1.29, 1.82) is 0 Å². The van der Waals surface area contributed by atoms with Crippen molar-refractivity contribution >= 4 is 17.7 Å². The summed E-state index contributed by atoms with van der Waals surface area (Å²) in [5.41, 5.74) is 12.7. The second-order valence-corrected chi connectivity index (χ2v) is 8.81. The number of rotatable bonds is 15. The third-order valence-electron chi connectivity index (χ3n) is 6.17. The number of primary amides is 1. The Morgan fingerprint density at radius 3 is 2.37 bits per heavy atom. The van der Waals surface area contributed by atoms with Gasteiger partial charge in [-0.3, -0.25) is 14.4 Å². The van der Waals surface area contributed by atoms with E-state index in [0.717, 1.165) is 23.4 Å². The summed E-state index contributed by atoms with van der Waals surface area (Å²) in [5, 5.41) is 14.7. The lowest BCUT2D eigenvalue weighted by atomic mass is 9.84. The molecule has 192 valence electrons. The molecule has 10 nitrogen and oxygen atoms in total. The SMILES string of the molecule is CCC(C)C(c1ccc(CC(=O)N[C@@H](CO)C(=O)N[C@@H](CCCCN)C(N)=O)cc1)c1ncc[nH]1. The number of hydrogen-bond donors (Lipinski definition) is 6. The van der Waals surface area contributed by atoms with E-state index in [2.05, 4.69) is 34.4 Å². The van der Waals surface area contributed by atoms with E-state index in [1.807, 2.05) is 30.5 Å². The van der Waals surface area contributed by atoms with Crippen LogP contribution in [0.1, 0.15) is 62.4 Å². The largest absolute Gasteiger partial charge is 0.394 e. The topological polar surface area (TPSA) is 176 Å². The van der Waals surface area contributed by atoms with Gasteiger partial charge in [-0.05, 0) is 42.9 Å². The van der Waals surface area contributed by atoms with Gasteiger partial charge in [-0.25, -0.2) is 4.98 Å². The predicted octanol–water partition coefficient (Wildman–Crippen LogP) is 0.706. The molecular weight excluding hydrogens is 448 g/mol. The summed E-state index contributed by atoms with van der Waals surface area (Å²) in [7, 11) is 0. The van der Waals surface area contributed by atoms with Gasteiger partial charge in [-0.15, -0.1) is 0 Å². The Labute approximate surface area is 206 Å². The molecule has 0 aliphatic rings. The molecule has 2 unspecified atom stereocenters. The first kappa shape index (κ1) is 28.0. The summed E-state index contributed by atoms with van der Waals surface area (Å²) in [6, 6.07) is 5.64. The number of aliphatic hydroxyl groups is 1. The number of carbonyl (C=O) groups is 3. The quantitative estimate of drug-likeness (QED) is 0.202. The minimum atomic E-state index is -1.19. The zero-order valence-electron chi connectivity index (χ0n) is 20.5. The second-order valence-electron chi connectivity index (χ2n) is 8.81. The second kappa shape index (κ2) is 14.2. The minimum Gasteiger partial charge on any atom is -0.394 e. The normalized spacial score (nSPS) is 14.5. The van der Waals surface area contributed by atoms with Crippen LogP contribution in [0.25, 0.3) is 0 Å². The van der Waals surface area contributed by atoms with Gasteiger partial charge in [0.05, 0.1) is 13.0 Å². The minimum absolute atomic E-state index is 0.0363. The summed E-state index contributed by atoms with van der Waals surface area (Å²) in [4.78, 5) is 44.3. The van der Waals surface area contributed by atoms with Crippen LogP contribution >= 0.6 is 0 Å². The molecule has 2 aromatic rings. The Morgan fingerprint density at radius 2 is 1.83 bits per heavy atom. The van der Waals surface area contributed by atoms with Crippen LogP contribution in [-0.4, -0.2) is 58.0 Å². The molecule has 0 spiro atoms. The number of amides is 3. The highest BCUT2D eigenvalue weighted by Crippen LogP contribution is 2.31. The van der Waals surface area contributed by atoms with Gasteiger partial charge in [-0.2, -0.15) is 0 Å². The van der Waals surface area contributed by atoms with E-state index >= 15 is 0 Å². The number of carbonyl (C=O) groups excluding carboxylic acids is 3. The number of aromatic amines is 1. The molecule has 1 aromatic carbocycles. The summed E-state index contributed by atoms with van der Waals surface area (Å²) < 4.78 is 0. The third-order valence-corrected chi connectivity index (χ3v) is 6.17. The van der Waals surface area contributed by atoms with Gasteiger partial charge in [0, 0.05) is 18.3 Å². The van der Waals surface area contributed by atoms with Crippen LogP contribution in [-0.2, 0) is 20.8 Å². The molecule has 8 N–H and O–H groups in total. The Morgan fingerprint density at radius 1 is 1.11 bits per heavy atom. The summed E-state index contributed by atoms with van der Waals surface area (Å²) in [5.74, 6) is -0.373. The van der Waals surface area contributed by atoms with Crippen molar-refractivity contribution in [3.63, 3.8) is 0 Å². The van der Waals surface area contributed by atoms with E-state index in [9.17, 15) is 19.5 Å². The van der Waals surface area contributed by atoms with Crippen LogP contribution in [0.4, 0.5) is 0 Å². The molecule has 0 radical (unpaired) electrons. The Bertz CT molecular complexity index is 932. The number of nitrogens with one attached hydrogen (secondary N) is 3. The molecule has 3 amide bonds. The number of nitrogens with two attached hydrogens (primary N) is 2. The van der Waals surface area contributed by atoms with E-state index in [1.54, 1.807) is 6.20 Å². The first-order valence-electron chi connectivity index (χ1n) is 12.1. The first-order valence-corrected chi connectivity index (χ1v) is 12.1. The molecule has 0 saturated carbocycles. The summed E-state index contributed by atoms with van der Waals surface area (Å²) in [6.45, 7) is 4.18. The molecule has 0 bridgehead atoms. The zero-order valence-corrected chi connectivity index (χ0v) is 20.5. The maximum Gasteiger partial charge on any atom is 0.245 e. The monoisotopic (exact) mass is 486 g/mol. The maximum absolute atomic E-state index is 12.6. The lowest BCUT2D eigenvalue weighted by molar-refractivity contribution is -0.132. The number of imidazole rings is 1. The molecule has 0 aliphatic carbocycles. The van der Waals surface area contributed by atoms with Gasteiger partial charge >= 0.3 is 0 Å². The zero-order chi connectivity index (χ0) is 25.8. The maximum atomic E-state index is 12.6. The fourth-order valence-electron chi connectivity index (χ4n) is 3.96. The highest BCUT2D eigenvalue weighted by Gasteiger charge is 2.25. The Kier molecular flexibility index (Phi) is 11.4. The van der Waals surface area contributed by atoms with Crippen molar-refractivity contribution in [2.45, 2.75) is 64.0 Å². The van der Waals surface area contributed by atoms with Gasteiger partial charge in [0.1, 0.15) is 17.9 Å². The number of H-pyrrole nitrogens is 1. The molecule has 1 aromatic heterocycles. The molecule has 4 atom stereocenters. The van der Waals surface area contributed by atoms with Crippen molar-refractivity contribution in [2.24, 2.45) is 17.4 Å². The third kappa shape index (κ3) is 8.48. The van der Waals surface area contributed by atoms with Crippen LogP contribution in [0.3, 0.4) is 0 Å². The molecule has 2 rings (SSSR count). The number of benzene rings is 1. The fraction of sp³-hybridized carbons (Fsp3) is 0.520. The van der Waals surface area contributed by atoms with Gasteiger partial charge < -0.3 is 32.2 Å². The van der Waals surface area contributed by atoms with Crippen LogP contribution in [0, 0.1) is 5.92 Å². The first-order chi connectivity index (χ1) is 16.8. The number of nitrogens with zero attached hydrogens (tertiary/aromatic N) is 1. The molecular formula is C25H38N6O4. The van der Waals surface area contributed by atoms with E-state index in [0.29, 0.717) is 31.7 Å². The molecule has 0 fully saturated rings. The van der Waals surface area contributed by atoms with Crippen LogP contribution in [0.5, 0.6) is 0 Å². The van der Waals surface area contributed by atoms with E-state index in [4.69, 9.17) is 11.5 Å². The highest BCUT2D eigenvalue weighted by molar-refractivity contribution is 5.92. The van der Waals surface area contributed by atoms with Crippen molar-refractivity contribution in [1.82, 2.24) is 20.6 Å². The van der Waals surface area contributed by atoms with Crippen molar-refractivity contribution in [3.05, 3.63) is 53.6 Å².